The maximum atomic E-state index is 6.54. The molecular formula is C26H24N4OS2. The molecule has 0 unspecified atom stereocenters. The Morgan fingerprint density at radius 2 is 1.88 bits per heavy atom. The minimum Gasteiger partial charge on any atom is -0.475 e. The van der Waals surface area contributed by atoms with Gasteiger partial charge in [0, 0.05) is 33.6 Å². The number of fused-ring (bicyclic) bond motifs is 4. The van der Waals surface area contributed by atoms with E-state index < -0.39 is 0 Å². The lowest BCUT2D eigenvalue weighted by molar-refractivity contribution is 0.281. The predicted octanol–water partition coefficient (Wildman–Crippen LogP) is 5.80. The maximum Gasteiger partial charge on any atom is 0.226 e. The fraction of sp³-hybridized carbons (Fsp3) is 0.269. The van der Waals surface area contributed by atoms with Crippen LogP contribution in [-0.4, -0.2) is 27.6 Å². The number of hydrogen-bond acceptors (Lipinski definition) is 7. The smallest absolute Gasteiger partial charge is 0.226 e. The molecule has 1 atom stereocenters. The first-order valence-corrected chi connectivity index (χ1v) is 13.0. The standard InChI is InChI=1S/C26H24N4OS2/c27-18(13-17-15-32-21-7-3-1-5-19(17)21)14-31-25-23-20-6-2-4-8-22(20)33-26(23)30-24(29-25)16-9-11-28-12-10-16/h1,3,5,7,9-12,15,18H,2,4,6,8,13-14,27H2/t18-/m0/s1. The van der Waals surface area contributed by atoms with Crippen LogP contribution >= 0.6 is 22.7 Å². The average molecular weight is 473 g/mol. The molecule has 0 radical (unpaired) electrons. The lowest BCUT2D eigenvalue weighted by atomic mass is 9.97. The summed E-state index contributed by atoms with van der Waals surface area (Å²) < 4.78 is 7.64. The second kappa shape index (κ2) is 8.82. The third kappa shape index (κ3) is 4.01. The quantitative estimate of drug-likeness (QED) is 0.338. The zero-order valence-electron chi connectivity index (χ0n) is 18.2. The van der Waals surface area contributed by atoms with E-state index in [4.69, 9.17) is 20.4 Å². The molecule has 0 aliphatic heterocycles. The van der Waals surface area contributed by atoms with E-state index >= 15 is 0 Å². The molecule has 7 heteroatoms. The molecule has 166 valence electrons. The van der Waals surface area contributed by atoms with Crippen molar-refractivity contribution in [3.05, 3.63) is 70.2 Å². The number of pyridine rings is 1. The van der Waals surface area contributed by atoms with Gasteiger partial charge < -0.3 is 10.5 Å². The van der Waals surface area contributed by atoms with Crippen LogP contribution in [0.25, 0.3) is 31.7 Å². The maximum absolute atomic E-state index is 6.54. The molecule has 0 amide bonds. The number of rotatable bonds is 6. The monoisotopic (exact) mass is 472 g/mol. The Kier molecular flexibility index (Phi) is 5.54. The van der Waals surface area contributed by atoms with Crippen LogP contribution in [0, 0.1) is 0 Å². The van der Waals surface area contributed by atoms with Crippen molar-refractivity contribution in [2.45, 2.75) is 38.1 Å². The van der Waals surface area contributed by atoms with Crippen molar-refractivity contribution >= 4 is 43.0 Å². The zero-order chi connectivity index (χ0) is 22.2. The van der Waals surface area contributed by atoms with Crippen LogP contribution < -0.4 is 10.5 Å². The molecule has 1 aromatic carbocycles. The average Bonchev–Trinajstić information content (AvgIpc) is 3.44. The van der Waals surface area contributed by atoms with E-state index in [0.29, 0.717) is 18.3 Å². The van der Waals surface area contributed by atoms with Crippen LogP contribution in [0.4, 0.5) is 0 Å². The highest BCUT2D eigenvalue weighted by atomic mass is 32.1. The van der Waals surface area contributed by atoms with Gasteiger partial charge in [-0.15, -0.1) is 22.7 Å². The van der Waals surface area contributed by atoms with Crippen LogP contribution in [0.3, 0.4) is 0 Å². The molecule has 33 heavy (non-hydrogen) atoms. The molecule has 4 aromatic heterocycles. The number of aromatic nitrogens is 3. The van der Waals surface area contributed by atoms with Gasteiger partial charge in [0.15, 0.2) is 5.82 Å². The minimum atomic E-state index is -0.119. The Balaban J connectivity index is 1.31. The van der Waals surface area contributed by atoms with Crippen LogP contribution in [0.1, 0.15) is 28.8 Å². The van der Waals surface area contributed by atoms with Crippen molar-refractivity contribution in [2.24, 2.45) is 5.73 Å². The normalized spacial score (nSPS) is 14.5. The fourth-order valence-corrected chi connectivity index (χ4v) is 6.80. The van der Waals surface area contributed by atoms with E-state index in [0.717, 1.165) is 35.0 Å². The minimum absolute atomic E-state index is 0.119. The lowest BCUT2D eigenvalue weighted by Crippen LogP contribution is -2.30. The van der Waals surface area contributed by atoms with Crippen LogP contribution in [0.15, 0.2) is 54.2 Å². The summed E-state index contributed by atoms with van der Waals surface area (Å²) in [5.74, 6) is 1.34. The largest absolute Gasteiger partial charge is 0.475 e. The van der Waals surface area contributed by atoms with Crippen molar-refractivity contribution < 1.29 is 4.74 Å². The summed E-state index contributed by atoms with van der Waals surface area (Å²) in [6.07, 6.45) is 8.93. The molecule has 1 aliphatic carbocycles. The van der Waals surface area contributed by atoms with Crippen molar-refractivity contribution in [3.63, 3.8) is 0 Å². The third-order valence-corrected chi connectivity index (χ3v) is 8.40. The lowest BCUT2D eigenvalue weighted by Gasteiger charge is -2.15. The van der Waals surface area contributed by atoms with Crippen LogP contribution in [-0.2, 0) is 19.3 Å². The third-order valence-electron chi connectivity index (χ3n) is 6.20. The first kappa shape index (κ1) is 20.7. The number of thiophene rings is 2. The van der Waals surface area contributed by atoms with Crippen LogP contribution in [0.2, 0.25) is 0 Å². The van der Waals surface area contributed by atoms with Gasteiger partial charge in [-0.05, 0) is 72.2 Å². The Labute approximate surface area is 200 Å². The molecule has 0 saturated heterocycles. The molecule has 2 N–H and O–H groups in total. The van der Waals surface area contributed by atoms with Gasteiger partial charge in [0.2, 0.25) is 5.88 Å². The van der Waals surface area contributed by atoms with E-state index in [9.17, 15) is 0 Å². The first-order valence-electron chi connectivity index (χ1n) is 11.3. The van der Waals surface area contributed by atoms with E-state index in [1.54, 1.807) is 35.1 Å². The molecule has 4 heterocycles. The Morgan fingerprint density at radius 1 is 1.03 bits per heavy atom. The topological polar surface area (TPSA) is 73.9 Å². The molecule has 0 saturated carbocycles. The van der Waals surface area contributed by atoms with Gasteiger partial charge in [-0.1, -0.05) is 18.2 Å². The molecule has 5 aromatic rings. The van der Waals surface area contributed by atoms with Gasteiger partial charge in [0.25, 0.3) is 0 Å². The van der Waals surface area contributed by atoms with Gasteiger partial charge in [0.05, 0.1) is 5.39 Å². The highest BCUT2D eigenvalue weighted by molar-refractivity contribution is 7.19. The van der Waals surface area contributed by atoms with Crippen molar-refractivity contribution in [1.82, 2.24) is 15.0 Å². The Morgan fingerprint density at radius 3 is 2.79 bits per heavy atom. The summed E-state index contributed by atoms with van der Waals surface area (Å²) in [6.45, 7) is 0.413. The highest BCUT2D eigenvalue weighted by Gasteiger charge is 2.23. The van der Waals surface area contributed by atoms with Crippen molar-refractivity contribution in [2.75, 3.05) is 6.61 Å². The van der Waals surface area contributed by atoms with Gasteiger partial charge >= 0.3 is 0 Å². The van der Waals surface area contributed by atoms with Crippen molar-refractivity contribution in [1.29, 1.82) is 0 Å². The van der Waals surface area contributed by atoms with Gasteiger partial charge in [0.1, 0.15) is 11.4 Å². The molecule has 0 spiro atoms. The zero-order valence-corrected chi connectivity index (χ0v) is 19.8. The number of benzene rings is 1. The molecule has 1 aliphatic rings. The summed E-state index contributed by atoms with van der Waals surface area (Å²) in [5.41, 5.74) is 10.1. The number of aryl methyl sites for hydroxylation is 2. The summed E-state index contributed by atoms with van der Waals surface area (Å²) in [5, 5.41) is 4.58. The number of nitrogens with two attached hydrogens (primary N) is 1. The highest BCUT2D eigenvalue weighted by Crippen LogP contribution is 2.40. The summed E-state index contributed by atoms with van der Waals surface area (Å²) in [7, 11) is 0. The van der Waals surface area contributed by atoms with E-state index in [1.807, 2.05) is 12.1 Å². The molecule has 6 rings (SSSR count). The van der Waals surface area contributed by atoms with Gasteiger partial charge in [-0.2, -0.15) is 4.98 Å². The number of hydrogen-bond donors (Lipinski definition) is 1. The molecule has 0 bridgehead atoms. The Bertz CT molecular complexity index is 1430. The molecular weight excluding hydrogens is 448 g/mol. The number of ether oxygens (including phenoxy) is 1. The van der Waals surface area contributed by atoms with Gasteiger partial charge in [-0.25, -0.2) is 4.98 Å². The second-order valence-corrected chi connectivity index (χ2v) is 10.5. The SMILES string of the molecule is N[C@H](COc1nc(-c2ccncc2)nc2sc3c(c12)CCCC3)Cc1csc2ccccc12. The predicted molar refractivity (Wildman–Crippen MR) is 136 cm³/mol. The van der Waals surface area contributed by atoms with Crippen LogP contribution in [0.5, 0.6) is 5.88 Å². The Hall–Kier alpha value is -2.87. The van der Waals surface area contributed by atoms with E-state index in [2.05, 4.69) is 34.6 Å². The summed E-state index contributed by atoms with van der Waals surface area (Å²) >= 11 is 3.55. The molecule has 0 fully saturated rings. The summed E-state index contributed by atoms with van der Waals surface area (Å²) in [6, 6.07) is 12.2. The second-order valence-electron chi connectivity index (χ2n) is 8.51. The summed E-state index contributed by atoms with van der Waals surface area (Å²) in [4.78, 5) is 16.3. The van der Waals surface area contributed by atoms with E-state index in [1.165, 1.54) is 38.9 Å². The first-order chi connectivity index (χ1) is 16.3. The van der Waals surface area contributed by atoms with Crippen molar-refractivity contribution in [3.8, 4) is 17.3 Å². The van der Waals surface area contributed by atoms with Gasteiger partial charge in [-0.3, -0.25) is 4.98 Å². The number of nitrogens with zero attached hydrogens (tertiary/aromatic N) is 3. The van der Waals surface area contributed by atoms with E-state index in [-0.39, 0.29) is 6.04 Å². The fourth-order valence-electron chi connectivity index (χ4n) is 4.58. The molecule has 5 nitrogen and oxygen atoms in total.